The Morgan fingerprint density at radius 2 is 1.70 bits per heavy atom. The van der Waals surface area contributed by atoms with Crippen LogP contribution < -0.4 is 5.32 Å². The second-order valence-corrected chi connectivity index (χ2v) is 9.96. The lowest BCUT2D eigenvalue weighted by molar-refractivity contribution is -0.139. The summed E-state index contributed by atoms with van der Waals surface area (Å²) in [6.45, 7) is 7.92. The zero-order chi connectivity index (χ0) is 22.3. The standard InChI is InChI=1S/C23H28Cl2N2O2S/c1-16(22(29)26-23(2,3)4)27(13-17-8-6-5-7-9-17)21(28)15-30-14-18-10-11-19(24)20(25)12-18/h5-12,16H,13-15H2,1-4H3,(H,26,29)/t16-/m1/s1. The maximum absolute atomic E-state index is 13.0. The van der Waals surface area contributed by atoms with Crippen LogP contribution in [0.5, 0.6) is 0 Å². The highest BCUT2D eigenvalue weighted by Crippen LogP contribution is 2.25. The van der Waals surface area contributed by atoms with Crippen molar-refractivity contribution in [2.24, 2.45) is 0 Å². The normalized spacial score (nSPS) is 12.3. The van der Waals surface area contributed by atoms with Gasteiger partial charge in [-0.3, -0.25) is 9.59 Å². The maximum atomic E-state index is 13.0. The van der Waals surface area contributed by atoms with Crippen LogP contribution in [-0.4, -0.2) is 34.0 Å². The number of amides is 2. The quantitative estimate of drug-likeness (QED) is 0.553. The van der Waals surface area contributed by atoms with Gasteiger partial charge in [0, 0.05) is 17.8 Å². The van der Waals surface area contributed by atoms with E-state index in [-0.39, 0.29) is 23.1 Å². The average molecular weight is 467 g/mol. The van der Waals surface area contributed by atoms with E-state index in [0.717, 1.165) is 11.1 Å². The van der Waals surface area contributed by atoms with Gasteiger partial charge in [-0.25, -0.2) is 0 Å². The highest BCUT2D eigenvalue weighted by molar-refractivity contribution is 7.99. The smallest absolute Gasteiger partial charge is 0.242 e. The molecule has 0 heterocycles. The van der Waals surface area contributed by atoms with Gasteiger partial charge in [0.05, 0.1) is 15.8 Å². The molecule has 0 aliphatic carbocycles. The molecular formula is C23H28Cl2N2O2S. The summed E-state index contributed by atoms with van der Waals surface area (Å²) in [4.78, 5) is 27.4. The lowest BCUT2D eigenvalue weighted by atomic mass is 10.1. The molecule has 4 nitrogen and oxygen atoms in total. The van der Waals surface area contributed by atoms with Gasteiger partial charge in [-0.05, 0) is 51.0 Å². The fourth-order valence-electron chi connectivity index (χ4n) is 2.81. The monoisotopic (exact) mass is 466 g/mol. The zero-order valence-electron chi connectivity index (χ0n) is 17.7. The van der Waals surface area contributed by atoms with Crippen molar-refractivity contribution >= 4 is 46.8 Å². The highest BCUT2D eigenvalue weighted by Gasteiger charge is 2.28. The van der Waals surface area contributed by atoms with Crippen LogP contribution in [-0.2, 0) is 21.9 Å². The summed E-state index contributed by atoms with van der Waals surface area (Å²) in [7, 11) is 0. The first-order valence-corrected chi connectivity index (χ1v) is 11.6. The van der Waals surface area contributed by atoms with Crippen LogP contribution in [0.2, 0.25) is 10.0 Å². The number of nitrogens with zero attached hydrogens (tertiary/aromatic N) is 1. The Balaban J connectivity index is 2.07. The minimum atomic E-state index is -0.581. The number of rotatable bonds is 8. The van der Waals surface area contributed by atoms with E-state index in [0.29, 0.717) is 22.3 Å². The minimum absolute atomic E-state index is 0.0829. The van der Waals surface area contributed by atoms with Crippen LogP contribution in [0.3, 0.4) is 0 Å². The van der Waals surface area contributed by atoms with E-state index >= 15 is 0 Å². The molecule has 1 atom stereocenters. The van der Waals surface area contributed by atoms with Gasteiger partial charge >= 0.3 is 0 Å². The Kier molecular flexibility index (Phi) is 9.08. The minimum Gasteiger partial charge on any atom is -0.350 e. The molecular weight excluding hydrogens is 439 g/mol. The van der Waals surface area contributed by atoms with E-state index in [4.69, 9.17) is 23.2 Å². The Hall–Kier alpha value is -1.69. The summed E-state index contributed by atoms with van der Waals surface area (Å²) in [6, 6.07) is 14.6. The molecule has 2 amide bonds. The van der Waals surface area contributed by atoms with Gasteiger partial charge in [0.25, 0.3) is 0 Å². The van der Waals surface area contributed by atoms with Crippen LogP contribution >= 0.6 is 35.0 Å². The van der Waals surface area contributed by atoms with E-state index in [1.54, 1.807) is 17.9 Å². The second-order valence-electron chi connectivity index (χ2n) is 8.16. The van der Waals surface area contributed by atoms with Crippen LogP contribution in [0.4, 0.5) is 0 Å². The first kappa shape index (κ1) is 24.6. The van der Waals surface area contributed by atoms with Crippen molar-refractivity contribution < 1.29 is 9.59 Å². The highest BCUT2D eigenvalue weighted by atomic mass is 35.5. The van der Waals surface area contributed by atoms with Gasteiger partial charge in [-0.15, -0.1) is 11.8 Å². The van der Waals surface area contributed by atoms with E-state index in [1.807, 2.05) is 63.2 Å². The number of halogens is 2. The molecule has 0 saturated heterocycles. The van der Waals surface area contributed by atoms with Gasteiger partial charge in [-0.2, -0.15) is 0 Å². The van der Waals surface area contributed by atoms with Gasteiger partial charge in [0.2, 0.25) is 11.8 Å². The zero-order valence-corrected chi connectivity index (χ0v) is 20.1. The number of carbonyl (C=O) groups excluding carboxylic acids is 2. The van der Waals surface area contributed by atoms with Crippen molar-refractivity contribution in [3.8, 4) is 0 Å². The number of benzene rings is 2. The van der Waals surface area contributed by atoms with E-state index in [9.17, 15) is 9.59 Å². The molecule has 2 rings (SSSR count). The van der Waals surface area contributed by atoms with Crippen LogP contribution in [0.25, 0.3) is 0 Å². The number of nitrogens with one attached hydrogen (secondary N) is 1. The van der Waals surface area contributed by atoms with Crippen LogP contribution in [0.15, 0.2) is 48.5 Å². The molecule has 0 aliphatic rings. The molecule has 0 spiro atoms. The Morgan fingerprint density at radius 3 is 2.30 bits per heavy atom. The second kappa shape index (κ2) is 11.1. The Labute approximate surface area is 193 Å². The Bertz CT molecular complexity index is 869. The van der Waals surface area contributed by atoms with Crippen molar-refractivity contribution in [3.63, 3.8) is 0 Å². The maximum Gasteiger partial charge on any atom is 0.242 e. The Morgan fingerprint density at radius 1 is 1.03 bits per heavy atom. The summed E-state index contributed by atoms with van der Waals surface area (Å²) >= 11 is 13.5. The molecule has 2 aromatic rings. The van der Waals surface area contributed by atoms with Crippen molar-refractivity contribution in [2.75, 3.05) is 5.75 Å². The predicted molar refractivity (Wildman–Crippen MR) is 127 cm³/mol. The largest absolute Gasteiger partial charge is 0.350 e. The van der Waals surface area contributed by atoms with Crippen molar-refractivity contribution in [2.45, 2.75) is 51.6 Å². The molecule has 0 saturated carbocycles. The van der Waals surface area contributed by atoms with Gasteiger partial charge in [0.1, 0.15) is 6.04 Å². The third kappa shape index (κ3) is 7.86. The molecule has 0 radical (unpaired) electrons. The molecule has 0 aliphatic heterocycles. The number of hydrogen-bond acceptors (Lipinski definition) is 3. The molecule has 0 unspecified atom stereocenters. The molecule has 0 aromatic heterocycles. The van der Waals surface area contributed by atoms with Crippen molar-refractivity contribution in [1.29, 1.82) is 0 Å². The van der Waals surface area contributed by atoms with Crippen molar-refractivity contribution in [3.05, 3.63) is 69.7 Å². The molecule has 7 heteroatoms. The lowest BCUT2D eigenvalue weighted by Crippen LogP contribution is -2.52. The molecule has 30 heavy (non-hydrogen) atoms. The van der Waals surface area contributed by atoms with E-state index in [1.165, 1.54) is 11.8 Å². The van der Waals surface area contributed by atoms with Crippen molar-refractivity contribution in [1.82, 2.24) is 10.2 Å². The average Bonchev–Trinajstić information content (AvgIpc) is 2.67. The summed E-state index contributed by atoms with van der Waals surface area (Å²) in [5.41, 5.74) is 1.61. The first-order valence-electron chi connectivity index (χ1n) is 9.74. The van der Waals surface area contributed by atoms with E-state index in [2.05, 4.69) is 5.32 Å². The van der Waals surface area contributed by atoms with Gasteiger partial charge in [-0.1, -0.05) is 59.6 Å². The molecule has 1 N–H and O–H groups in total. The van der Waals surface area contributed by atoms with E-state index < -0.39 is 6.04 Å². The molecule has 0 fully saturated rings. The third-order valence-electron chi connectivity index (χ3n) is 4.34. The summed E-state index contributed by atoms with van der Waals surface area (Å²) in [5, 5.41) is 3.97. The van der Waals surface area contributed by atoms with Crippen LogP contribution in [0.1, 0.15) is 38.8 Å². The topological polar surface area (TPSA) is 49.4 Å². The summed E-state index contributed by atoms with van der Waals surface area (Å²) < 4.78 is 0. The lowest BCUT2D eigenvalue weighted by Gasteiger charge is -2.31. The molecule has 2 aromatic carbocycles. The summed E-state index contributed by atoms with van der Waals surface area (Å²) in [6.07, 6.45) is 0. The fourth-order valence-corrected chi connectivity index (χ4v) is 3.98. The van der Waals surface area contributed by atoms with Gasteiger partial charge in [0.15, 0.2) is 0 Å². The summed E-state index contributed by atoms with van der Waals surface area (Å²) in [5.74, 6) is 0.645. The number of carbonyl (C=O) groups is 2. The number of hydrogen-bond donors (Lipinski definition) is 1. The predicted octanol–water partition coefficient (Wildman–Crippen LogP) is 5.56. The third-order valence-corrected chi connectivity index (χ3v) is 6.07. The SMILES string of the molecule is C[C@H](C(=O)NC(C)(C)C)N(Cc1ccccc1)C(=O)CSCc1ccc(Cl)c(Cl)c1. The van der Waals surface area contributed by atoms with Crippen LogP contribution in [0, 0.1) is 0 Å². The molecule has 0 bridgehead atoms. The fraction of sp³-hybridized carbons (Fsp3) is 0.391. The molecule has 162 valence electrons. The van der Waals surface area contributed by atoms with Gasteiger partial charge < -0.3 is 10.2 Å². The number of thioether (sulfide) groups is 1. The first-order chi connectivity index (χ1) is 14.1.